The summed E-state index contributed by atoms with van der Waals surface area (Å²) in [4.78, 5) is 24.2. The van der Waals surface area contributed by atoms with Gasteiger partial charge in [0.1, 0.15) is 12.3 Å². The van der Waals surface area contributed by atoms with Crippen molar-refractivity contribution in [3.63, 3.8) is 0 Å². The van der Waals surface area contributed by atoms with E-state index in [-0.39, 0.29) is 18.0 Å². The Bertz CT molecular complexity index is 968. The number of benzene rings is 2. The van der Waals surface area contributed by atoms with Crippen molar-refractivity contribution in [1.29, 1.82) is 0 Å². The molecule has 0 saturated carbocycles. The lowest BCUT2D eigenvalue weighted by Crippen LogP contribution is -2.34. The summed E-state index contributed by atoms with van der Waals surface area (Å²) in [5, 5.41) is 7.12. The maximum absolute atomic E-state index is 12.2. The third-order valence-electron chi connectivity index (χ3n) is 4.14. The molecule has 0 bridgehead atoms. The van der Waals surface area contributed by atoms with Gasteiger partial charge in [0, 0.05) is 18.2 Å². The molecule has 27 heavy (non-hydrogen) atoms. The third-order valence-corrected chi connectivity index (χ3v) is 4.14. The molecule has 1 heterocycles. The van der Waals surface area contributed by atoms with Crippen molar-refractivity contribution in [2.24, 2.45) is 0 Å². The van der Waals surface area contributed by atoms with Crippen molar-refractivity contribution in [2.75, 3.05) is 13.7 Å². The van der Waals surface area contributed by atoms with E-state index in [2.05, 4.69) is 10.4 Å². The van der Waals surface area contributed by atoms with E-state index in [0.717, 1.165) is 16.9 Å². The van der Waals surface area contributed by atoms with Crippen LogP contribution >= 0.6 is 0 Å². The summed E-state index contributed by atoms with van der Waals surface area (Å²) in [5.74, 6) is 0.532. The fourth-order valence-electron chi connectivity index (χ4n) is 2.76. The van der Waals surface area contributed by atoms with Gasteiger partial charge in [-0.2, -0.15) is 5.10 Å². The van der Waals surface area contributed by atoms with Crippen LogP contribution in [0.5, 0.6) is 5.75 Å². The smallest absolute Gasteiger partial charge is 0.267 e. The average molecular weight is 363 g/mol. The number of para-hydroxylation sites is 1. The zero-order valence-corrected chi connectivity index (χ0v) is 15.1. The van der Waals surface area contributed by atoms with E-state index in [4.69, 9.17) is 4.74 Å². The van der Waals surface area contributed by atoms with Crippen molar-refractivity contribution in [2.45, 2.75) is 13.0 Å². The Morgan fingerprint density at radius 1 is 1.04 bits per heavy atom. The highest BCUT2D eigenvalue weighted by Gasteiger charge is 2.08. The summed E-state index contributed by atoms with van der Waals surface area (Å²) in [6, 6.07) is 20.3. The van der Waals surface area contributed by atoms with Crippen LogP contribution in [-0.4, -0.2) is 29.3 Å². The lowest BCUT2D eigenvalue weighted by Gasteiger charge is -2.10. The predicted octanol–water partition coefficient (Wildman–Crippen LogP) is 2.28. The molecule has 6 nitrogen and oxygen atoms in total. The second kappa shape index (κ2) is 8.80. The standard InChI is InChI=1S/C21H21N3O3/c1-27-19-10-6-5-9-17(19)13-14-22-20(25)15-24-21(26)12-11-18(23-24)16-7-3-2-4-8-16/h2-12H,13-15H2,1H3,(H,22,25). The van der Waals surface area contributed by atoms with Crippen molar-refractivity contribution in [3.05, 3.63) is 82.6 Å². The minimum absolute atomic E-state index is 0.120. The Morgan fingerprint density at radius 2 is 1.78 bits per heavy atom. The highest BCUT2D eigenvalue weighted by Crippen LogP contribution is 2.17. The number of carbonyl (C=O) groups is 1. The zero-order valence-electron chi connectivity index (χ0n) is 15.1. The topological polar surface area (TPSA) is 73.2 Å². The minimum atomic E-state index is -0.311. The van der Waals surface area contributed by atoms with E-state index >= 15 is 0 Å². The van der Waals surface area contributed by atoms with Gasteiger partial charge in [-0.1, -0.05) is 48.5 Å². The maximum atomic E-state index is 12.2. The molecular formula is C21H21N3O3. The molecule has 0 aliphatic carbocycles. The van der Waals surface area contributed by atoms with Crippen LogP contribution in [0, 0.1) is 0 Å². The van der Waals surface area contributed by atoms with Crippen molar-refractivity contribution in [3.8, 4) is 17.0 Å². The number of rotatable bonds is 7. The summed E-state index contributed by atoms with van der Waals surface area (Å²) < 4.78 is 6.48. The molecule has 1 N–H and O–H groups in total. The molecular weight excluding hydrogens is 342 g/mol. The van der Waals surface area contributed by atoms with Crippen LogP contribution in [0.1, 0.15) is 5.56 Å². The van der Waals surface area contributed by atoms with E-state index in [9.17, 15) is 9.59 Å². The van der Waals surface area contributed by atoms with Crippen LogP contribution in [0.2, 0.25) is 0 Å². The molecule has 0 aliphatic rings. The van der Waals surface area contributed by atoms with Gasteiger partial charge in [-0.25, -0.2) is 4.68 Å². The SMILES string of the molecule is COc1ccccc1CCNC(=O)Cn1nc(-c2ccccc2)ccc1=O. The summed E-state index contributed by atoms with van der Waals surface area (Å²) in [5.41, 5.74) is 2.25. The van der Waals surface area contributed by atoms with Crippen molar-refractivity contribution < 1.29 is 9.53 Å². The van der Waals surface area contributed by atoms with Crippen molar-refractivity contribution in [1.82, 2.24) is 15.1 Å². The van der Waals surface area contributed by atoms with Crippen LogP contribution in [0.3, 0.4) is 0 Å². The molecule has 138 valence electrons. The number of methoxy groups -OCH3 is 1. The van der Waals surface area contributed by atoms with Gasteiger partial charge < -0.3 is 10.1 Å². The Balaban J connectivity index is 1.62. The molecule has 0 saturated heterocycles. The van der Waals surface area contributed by atoms with Gasteiger partial charge >= 0.3 is 0 Å². The fourth-order valence-corrected chi connectivity index (χ4v) is 2.76. The van der Waals surface area contributed by atoms with Crippen LogP contribution in [0.4, 0.5) is 0 Å². The molecule has 3 aromatic rings. The first kappa shape index (κ1) is 18.4. The molecule has 0 fully saturated rings. The first-order chi connectivity index (χ1) is 13.2. The third kappa shape index (κ3) is 4.82. The Kier molecular flexibility index (Phi) is 5.99. The number of hydrogen-bond acceptors (Lipinski definition) is 4. The molecule has 1 aromatic heterocycles. The molecule has 0 spiro atoms. The highest BCUT2D eigenvalue weighted by atomic mass is 16.5. The average Bonchev–Trinajstić information content (AvgIpc) is 2.70. The molecule has 0 unspecified atom stereocenters. The van der Waals surface area contributed by atoms with Crippen LogP contribution in [0.15, 0.2) is 71.5 Å². The molecule has 3 rings (SSSR count). The largest absolute Gasteiger partial charge is 0.496 e. The highest BCUT2D eigenvalue weighted by molar-refractivity contribution is 5.75. The van der Waals surface area contributed by atoms with Crippen molar-refractivity contribution >= 4 is 5.91 Å². The number of amides is 1. The van der Waals surface area contributed by atoms with Crippen LogP contribution in [-0.2, 0) is 17.8 Å². The predicted molar refractivity (Wildman–Crippen MR) is 104 cm³/mol. The monoisotopic (exact) mass is 363 g/mol. The van der Waals surface area contributed by atoms with Gasteiger partial charge in [-0.15, -0.1) is 0 Å². The van der Waals surface area contributed by atoms with Gasteiger partial charge in [0.25, 0.3) is 5.56 Å². The molecule has 2 aromatic carbocycles. The van der Waals surface area contributed by atoms with E-state index in [1.807, 2.05) is 54.6 Å². The number of aromatic nitrogens is 2. The van der Waals surface area contributed by atoms with Gasteiger partial charge in [0.2, 0.25) is 5.91 Å². The quantitative estimate of drug-likeness (QED) is 0.699. The lowest BCUT2D eigenvalue weighted by molar-refractivity contribution is -0.121. The number of nitrogens with one attached hydrogen (secondary N) is 1. The van der Waals surface area contributed by atoms with Gasteiger partial charge in [0.05, 0.1) is 12.8 Å². The second-order valence-corrected chi connectivity index (χ2v) is 5.99. The summed E-state index contributed by atoms with van der Waals surface area (Å²) in [6.07, 6.45) is 0.641. The van der Waals surface area contributed by atoms with Gasteiger partial charge in [0.15, 0.2) is 0 Å². The van der Waals surface area contributed by atoms with E-state index in [1.54, 1.807) is 13.2 Å². The van der Waals surface area contributed by atoms with Gasteiger partial charge in [-0.3, -0.25) is 9.59 Å². The number of carbonyl (C=O) groups excluding carboxylic acids is 1. The molecule has 0 radical (unpaired) electrons. The normalized spacial score (nSPS) is 10.4. The van der Waals surface area contributed by atoms with E-state index < -0.39 is 0 Å². The first-order valence-electron chi connectivity index (χ1n) is 8.69. The number of hydrogen-bond donors (Lipinski definition) is 1. The maximum Gasteiger partial charge on any atom is 0.267 e. The lowest BCUT2D eigenvalue weighted by atomic mass is 10.1. The molecule has 6 heteroatoms. The van der Waals surface area contributed by atoms with Gasteiger partial charge in [-0.05, 0) is 24.1 Å². The summed E-state index contributed by atoms with van der Waals surface area (Å²) >= 11 is 0. The number of nitrogens with zero attached hydrogens (tertiary/aromatic N) is 2. The second-order valence-electron chi connectivity index (χ2n) is 5.99. The zero-order chi connectivity index (χ0) is 19.1. The number of ether oxygens (including phenoxy) is 1. The molecule has 0 aliphatic heterocycles. The Morgan fingerprint density at radius 3 is 2.56 bits per heavy atom. The Labute approximate surface area is 157 Å². The summed E-state index contributed by atoms with van der Waals surface area (Å²) in [6.45, 7) is 0.331. The van der Waals surface area contributed by atoms with Crippen LogP contribution < -0.4 is 15.6 Å². The van der Waals surface area contributed by atoms with E-state index in [0.29, 0.717) is 18.7 Å². The van der Waals surface area contributed by atoms with Crippen LogP contribution in [0.25, 0.3) is 11.3 Å². The summed E-state index contributed by atoms with van der Waals surface area (Å²) in [7, 11) is 1.62. The van der Waals surface area contributed by atoms with E-state index in [1.165, 1.54) is 10.7 Å². The fraction of sp³-hybridized carbons (Fsp3) is 0.190. The minimum Gasteiger partial charge on any atom is -0.496 e. The first-order valence-corrected chi connectivity index (χ1v) is 8.69. The molecule has 0 atom stereocenters. The molecule has 1 amide bonds. The Hall–Kier alpha value is -3.41.